The maximum Gasteiger partial charge on any atom is 0.222 e. The van der Waals surface area contributed by atoms with Gasteiger partial charge in [-0.05, 0) is 25.5 Å². The normalized spacial score (nSPS) is 17.2. The number of amides is 1. The molecule has 3 rings (SSSR count). The molecule has 1 aliphatic heterocycles. The molecule has 142 valence electrons. The number of aliphatic imine (C=N–C) groups is 1. The Hall–Kier alpha value is -1.91. The van der Waals surface area contributed by atoms with Crippen molar-refractivity contribution in [2.45, 2.75) is 39.3 Å². The van der Waals surface area contributed by atoms with Gasteiger partial charge in [-0.2, -0.15) is 0 Å². The molecule has 3 heterocycles. The monoisotopic (exact) mass is 471 g/mol. The third kappa shape index (κ3) is 4.83. The summed E-state index contributed by atoms with van der Waals surface area (Å²) in [4.78, 5) is 18.3. The van der Waals surface area contributed by atoms with E-state index in [1.807, 2.05) is 47.5 Å². The Morgan fingerprint density at radius 2 is 2.19 bits per heavy atom. The van der Waals surface area contributed by atoms with Gasteiger partial charge in [0.05, 0.1) is 0 Å². The van der Waals surface area contributed by atoms with E-state index in [0.29, 0.717) is 13.0 Å². The highest BCUT2D eigenvalue weighted by atomic mass is 127. The van der Waals surface area contributed by atoms with E-state index in [2.05, 4.69) is 25.8 Å². The summed E-state index contributed by atoms with van der Waals surface area (Å²) < 4.78 is 1.93. The zero-order valence-corrected chi connectivity index (χ0v) is 17.5. The molecule has 2 aromatic heterocycles. The summed E-state index contributed by atoms with van der Waals surface area (Å²) in [5.74, 6) is 1.74. The number of carbonyl (C=O) groups is 1. The van der Waals surface area contributed by atoms with Crippen molar-refractivity contribution >= 4 is 41.5 Å². The molecule has 0 aliphatic carbocycles. The molecule has 0 bridgehead atoms. The number of rotatable bonds is 5. The van der Waals surface area contributed by atoms with E-state index in [-0.39, 0.29) is 35.9 Å². The van der Waals surface area contributed by atoms with Crippen LogP contribution in [0.5, 0.6) is 0 Å². The van der Waals surface area contributed by atoms with Crippen molar-refractivity contribution in [3.05, 3.63) is 30.2 Å². The summed E-state index contributed by atoms with van der Waals surface area (Å²) in [6, 6.07) is 6.03. The van der Waals surface area contributed by atoms with Crippen LogP contribution in [0.1, 0.15) is 32.5 Å². The minimum Gasteiger partial charge on any atom is -0.357 e. The van der Waals surface area contributed by atoms with Crippen molar-refractivity contribution in [1.82, 2.24) is 30.1 Å². The number of nitrogens with one attached hydrogen (secondary N) is 2. The van der Waals surface area contributed by atoms with Crippen LogP contribution in [0, 0.1) is 0 Å². The van der Waals surface area contributed by atoms with Crippen LogP contribution in [0.4, 0.5) is 0 Å². The fourth-order valence-electron chi connectivity index (χ4n) is 2.99. The maximum absolute atomic E-state index is 11.8. The molecule has 1 saturated heterocycles. The van der Waals surface area contributed by atoms with E-state index in [4.69, 9.17) is 0 Å². The van der Waals surface area contributed by atoms with Crippen molar-refractivity contribution in [2.75, 3.05) is 19.6 Å². The van der Waals surface area contributed by atoms with Crippen molar-refractivity contribution in [3.63, 3.8) is 0 Å². The number of pyridine rings is 1. The van der Waals surface area contributed by atoms with Gasteiger partial charge in [-0.15, -0.1) is 34.2 Å². The molecule has 1 fully saturated rings. The van der Waals surface area contributed by atoms with E-state index in [9.17, 15) is 4.79 Å². The number of likely N-dealkylation sites (tertiary alicyclic amines) is 1. The molecule has 8 nitrogen and oxygen atoms in total. The van der Waals surface area contributed by atoms with E-state index >= 15 is 0 Å². The Labute approximate surface area is 170 Å². The van der Waals surface area contributed by atoms with Gasteiger partial charge in [0, 0.05) is 38.3 Å². The average molecular weight is 471 g/mol. The van der Waals surface area contributed by atoms with Crippen LogP contribution in [0.15, 0.2) is 29.4 Å². The fourth-order valence-corrected chi connectivity index (χ4v) is 2.99. The zero-order valence-electron chi connectivity index (χ0n) is 15.2. The molecule has 1 amide bonds. The summed E-state index contributed by atoms with van der Waals surface area (Å²) in [5.41, 5.74) is 0.815. The molecule has 0 aromatic carbocycles. The first-order chi connectivity index (χ1) is 12.2. The van der Waals surface area contributed by atoms with E-state index in [1.54, 1.807) is 0 Å². The zero-order chi connectivity index (χ0) is 17.6. The lowest BCUT2D eigenvalue weighted by Gasteiger charge is -2.18. The fraction of sp³-hybridized carbons (Fsp3) is 0.529. The number of nitrogens with zero attached hydrogens (tertiary/aromatic N) is 5. The summed E-state index contributed by atoms with van der Waals surface area (Å²) in [7, 11) is 0. The molecule has 0 saturated carbocycles. The first kappa shape index (κ1) is 20.4. The highest BCUT2D eigenvalue weighted by molar-refractivity contribution is 14.0. The van der Waals surface area contributed by atoms with Crippen LogP contribution in [0.3, 0.4) is 0 Å². The molecule has 1 atom stereocenters. The molecule has 2 N–H and O–H groups in total. The van der Waals surface area contributed by atoms with Gasteiger partial charge < -0.3 is 15.5 Å². The molecule has 0 radical (unpaired) electrons. The number of aromatic nitrogens is 3. The molecular formula is C17H26IN7O. The minimum absolute atomic E-state index is 0. The molecule has 26 heavy (non-hydrogen) atoms. The average Bonchev–Trinajstić information content (AvgIpc) is 3.26. The Kier molecular flexibility index (Phi) is 7.61. The van der Waals surface area contributed by atoms with Crippen LogP contribution in [-0.2, 0) is 11.3 Å². The molecule has 2 aromatic rings. The number of fused-ring (bicyclic) bond motifs is 1. The standard InChI is InChI=1S/C17H25N7O.HI/c1-3-16(25)23-10-8-13(12-23)20-17(18-4-2)19-11-15-22-21-14-7-5-6-9-24(14)15;/h5-7,9,13H,3-4,8,10-12H2,1-2H3,(H2,18,19,20);1H. The van der Waals surface area contributed by atoms with Crippen molar-refractivity contribution < 1.29 is 4.79 Å². The summed E-state index contributed by atoms with van der Waals surface area (Å²) in [6.07, 6.45) is 3.43. The van der Waals surface area contributed by atoms with E-state index in [0.717, 1.165) is 43.5 Å². The predicted molar refractivity (Wildman–Crippen MR) is 112 cm³/mol. The number of hydrogen-bond donors (Lipinski definition) is 2. The van der Waals surface area contributed by atoms with Crippen LogP contribution >= 0.6 is 24.0 Å². The topological polar surface area (TPSA) is 86.9 Å². The molecule has 1 aliphatic rings. The van der Waals surface area contributed by atoms with Crippen molar-refractivity contribution in [3.8, 4) is 0 Å². The second-order valence-electron chi connectivity index (χ2n) is 6.06. The van der Waals surface area contributed by atoms with Crippen molar-refractivity contribution in [2.24, 2.45) is 4.99 Å². The largest absolute Gasteiger partial charge is 0.357 e. The lowest BCUT2D eigenvalue weighted by atomic mass is 10.3. The van der Waals surface area contributed by atoms with E-state index < -0.39 is 0 Å². The molecule has 1 unspecified atom stereocenters. The lowest BCUT2D eigenvalue weighted by Crippen LogP contribution is -2.45. The predicted octanol–water partition coefficient (Wildman–Crippen LogP) is 1.41. The third-order valence-electron chi connectivity index (χ3n) is 4.29. The Bertz CT molecular complexity index is 760. The lowest BCUT2D eigenvalue weighted by molar-refractivity contribution is -0.129. The van der Waals surface area contributed by atoms with E-state index in [1.165, 1.54) is 0 Å². The van der Waals surface area contributed by atoms with Crippen LogP contribution < -0.4 is 10.6 Å². The first-order valence-electron chi connectivity index (χ1n) is 8.82. The molecule has 0 spiro atoms. The van der Waals surface area contributed by atoms with Gasteiger partial charge >= 0.3 is 0 Å². The van der Waals surface area contributed by atoms with Gasteiger partial charge in [-0.1, -0.05) is 13.0 Å². The van der Waals surface area contributed by atoms with Gasteiger partial charge in [0.15, 0.2) is 17.4 Å². The minimum atomic E-state index is 0. The second kappa shape index (κ2) is 9.70. The second-order valence-corrected chi connectivity index (χ2v) is 6.06. The Morgan fingerprint density at radius 3 is 2.96 bits per heavy atom. The first-order valence-corrected chi connectivity index (χ1v) is 8.82. The van der Waals surface area contributed by atoms with Crippen LogP contribution in [0.2, 0.25) is 0 Å². The molecular weight excluding hydrogens is 445 g/mol. The van der Waals surface area contributed by atoms with Crippen molar-refractivity contribution in [1.29, 1.82) is 0 Å². The van der Waals surface area contributed by atoms with Gasteiger partial charge in [-0.3, -0.25) is 9.20 Å². The SMILES string of the molecule is CCNC(=NCc1nnc2ccccn12)NC1CCN(C(=O)CC)C1.I. The Balaban J connectivity index is 0.00000243. The van der Waals surface area contributed by atoms with Crippen LogP contribution in [0.25, 0.3) is 5.65 Å². The highest BCUT2D eigenvalue weighted by Gasteiger charge is 2.25. The number of guanidine groups is 1. The van der Waals surface area contributed by atoms with Gasteiger partial charge in [-0.25, -0.2) is 4.99 Å². The Morgan fingerprint density at radius 1 is 1.35 bits per heavy atom. The number of halogens is 1. The maximum atomic E-state index is 11.8. The van der Waals surface area contributed by atoms with Gasteiger partial charge in [0.2, 0.25) is 5.91 Å². The third-order valence-corrected chi connectivity index (χ3v) is 4.29. The summed E-state index contributed by atoms with van der Waals surface area (Å²) in [5, 5.41) is 15.0. The highest BCUT2D eigenvalue weighted by Crippen LogP contribution is 2.10. The quantitative estimate of drug-likeness (QED) is 0.392. The number of hydrogen-bond acceptors (Lipinski definition) is 4. The summed E-state index contributed by atoms with van der Waals surface area (Å²) >= 11 is 0. The molecule has 9 heteroatoms. The smallest absolute Gasteiger partial charge is 0.222 e. The van der Waals surface area contributed by atoms with Crippen LogP contribution in [-0.4, -0.2) is 57.0 Å². The summed E-state index contributed by atoms with van der Waals surface area (Å²) in [6.45, 7) is 6.67. The van der Waals surface area contributed by atoms with Gasteiger partial charge in [0.25, 0.3) is 0 Å². The van der Waals surface area contributed by atoms with Gasteiger partial charge in [0.1, 0.15) is 6.54 Å². The number of carbonyl (C=O) groups excluding carboxylic acids is 1.